The fourth-order valence-corrected chi connectivity index (χ4v) is 2.91. The molecule has 0 fully saturated rings. The van der Waals surface area contributed by atoms with E-state index in [4.69, 9.17) is 0 Å². The Morgan fingerprint density at radius 2 is 1.88 bits per heavy atom. The molecule has 17 heavy (non-hydrogen) atoms. The van der Waals surface area contributed by atoms with Gasteiger partial charge in [0.05, 0.1) is 0 Å². The van der Waals surface area contributed by atoms with E-state index in [-0.39, 0.29) is 6.42 Å². The Bertz CT molecular complexity index is 570. The summed E-state index contributed by atoms with van der Waals surface area (Å²) in [5.74, 6) is 0. The standard InChI is InChI=1S/C13H14O3S/c1-17(15,16)13(14)10-6-5-9-12(13)11-7-3-2-4-8-11/h2-9,14H,10H2,1H3. The van der Waals surface area contributed by atoms with Gasteiger partial charge in [0, 0.05) is 18.2 Å². The van der Waals surface area contributed by atoms with Crippen LogP contribution in [-0.2, 0) is 9.84 Å². The number of hydrogen-bond donors (Lipinski definition) is 1. The predicted molar refractivity (Wildman–Crippen MR) is 68.0 cm³/mol. The lowest BCUT2D eigenvalue weighted by Gasteiger charge is -2.30. The van der Waals surface area contributed by atoms with Gasteiger partial charge in [-0.05, 0) is 5.56 Å². The first-order valence-corrected chi connectivity index (χ1v) is 7.19. The molecule has 0 heterocycles. The number of sulfone groups is 1. The lowest BCUT2D eigenvalue weighted by Crippen LogP contribution is -2.39. The van der Waals surface area contributed by atoms with Gasteiger partial charge < -0.3 is 5.11 Å². The van der Waals surface area contributed by atoms with Gasteiger partial charge in [-0.1, -0.05) is 48.6 Å². The summed E-state index contributed by atoms with van der Waals surface area (Å²) in [6, 6.07) is 9.07. The number of hydrogen-bond acceptors (Lipinski definition) is 3. The van der Waals surface area contributed by atoms with Crippen molar-refractivity contribution in [3.63, 3.8) is 0 Å². The molecule has 1 N–H and O–H groups in total. The van der Waals surface area contributed by atoms with Gasteiger partial charge in [0.25, 0.3) is 0 Å². The Morgan fingerprint density at radius 1 is 1.24 bits per heavy atom. The molecule has 0 aromatic heterocycles. The van der Waals surface area contributed by atoms with Crippen molar-refractivity contribution in [2.24, 2.45) is 0 Å². The third-order valence-electron chi connectivity index (χ3n) is 2.91. The molecule has 1 aromatic rings. The number of allylic oxidation sites excluding steroid dienone is 2. The molecule has 3 nitrogen and oxygen atoms in total. The maximum absolute atomic E-state index is 11.8. The van der Waals surface area contributed by atoms with Crippen molar-refractivity contribution in [1.82, 2.24) is 0 Å². The van der Waals surface area contributed by atoms with E-state index in [9.17, 15) is 13.5 Å². The summed E-state index contributed by atoms with van der Waals surface area (Å²) in [6.07, 6.45) is 6.23. The van der Waals surface area contributed by atoms with E-state index in [0.29, 0.717) is 5.57 Å². The Hall–Kier alpha value is -1.39. The van der Waals surface area contributed by atoms with Crippen LogP contribution in [0.15, 0.2) is 48.6 Å². The van der Waals surface area contributed by atoms with E-state index in [2.05, 4.69) is 0 Å². The summed E-state index contributed by atoms with van der Waals surface area (Å²) in [4.78, 5) is -1.82. The predicted octanol–water partition coefficient (Wildman–Crippen LogP) is 1.76. The van der Waals surface area contributed by atoms with Crippen LogP contribution in [0.5, 0.6) is 0 Å². The molecule has 90 valence electrons. The van der Waals surface area contributed by atoms with Crippen molar-refractivity contribution in [1.29, 1.82) is 0 Å². The highest BCUT2D eigenvalue weighted by Gasteiger charge is 2.42. The molecular weight excluding hydrogens is 236 g/mol. The van der Waals surface area contributed by atoms with Gasteiger partial charge in [0.1, 0.15) is 0 Å². The summed E-state index contributed by atoms with van der Waals surface area (Å²) in [6.45, 7) is 0. The molecule has 1 unspecified atom stereocenters. The van der Waals surface area contributed by atoms with Crippen molar-refractivity contribution in [2.75, 3.05) is 6.26 Å². The maximum atomic E-state index is 11.8. The molecule has 1 aromatic carbocycles. The fraction of sp³-hybridized carbons (Fsp3) is 0.231. The second-order valence-electron chi connectivity index (χ2n) is 4.14. The van der Waals surface area contributed by atoms with Gasteiger partial charge in [-0.3, -0.25) is 0 Å². The van der Waals surface area contributed by atoms with Crippen LogP contribution in [0.2, 0.25) is 0 Å². The Labute approximate surface area is 101 Å². The minimum absolute atomic E-state index is 0.0898. The van der Waals surface area contributed by atoms with Crippen LogP contribution in [0.1, 0.15) is 12.0 Å². The Morgan fingerprint density at radius 3 is 2.47 bits per heavy atom. The highest BCUT2D eigenvalue weighted by Crippen LogP contribution is 2.37. The third-order valence-corrected chi connectivity index (χ3v) is 4.53. The molecule has 0 bridgehead atoms. The molecule has 0 aliphatic heterocycles. The first kappa shape index (κ1) is 12.1. The summed E-state index contributed by atoms with van der Waals surface area (Å²) in [7, 11) is -3.59. The van der Waals surface area contributed by atoms with Gasteiger partial charge >= 0.3 is 0 Å². The lowest BCUT2D eigenvalue weighted by molar-refractivity contribution is 0.186. The Balaban J connectivity index is 2.58. The zero-order valence-electron chi connectivity index (χ0n) is 9.50. The van der Waals surface area contributed by atoms with Crippen LogP contribution in [-0.4, -0.2) is 24.7 Å². The average Bonchev–Trinajstić information content (AvgIpc) is 2.29. The molecule has 4 heteroatoms. The van der Waals surface area contributed by atoms with Crippen LogP contribution in [0.25, 0.3) is 5.57 Å². The van der Waals surface area contributed by atoms with Gasteiger partial charge in [0.2, 0.25) is 0 Å². The molecule has 0 radical (unpaired) electrons. The van der Waals surface area contributed by atoms with Crippen LogP contribution in [0, 0.1) is 0 Å². The third kappa shape index (κ3) is 2.06. The van der Waals surface area contributed by atoms with Gasteiger partial charge in [-0.15, -0.1) is 0 Å². The molecule has 1 atom stereocenters. The largest absolute Gasteiger partial charge is 0.371 e. The minimum atomic E-state index is -3.59. The van der Waals surface area contributed by atoms with E-state index < -0.39 is 14.8 Å². The zero-order valence-corrected chi connectivity index (χ0v) is 10.3. The van der Waals surface area contributed by atoms with Crippen LogP contribution < -0.4 is 0 Å². The van der Waals surface area contributed by atoms with Crippen molar-refractivity contribution >= 4 is 15.4 Å². The van der Waals surface area contributed by atoms with Crippen molar-refractivity contribution in [3.05, 3.63) is 54.1 Å². The zero-order chi connectivity index (χ0) is 12.5. The van der Waals surface area contributed by atoms with E-state index >= 15 is 0 Å². The summed E-state index contributed by atoms with van der Waals surface area (Å²) in [5.41, 5.74) is 1.16. The lowest BCUT2D eigenvalue weighted by atomic mass is 9.94. The molecule has 0 amide bonds. The number of aliphatic hydroxyl groups is 1. The smallest absolute Gasteiger partial charge is 0.195 e. The number of benzene rings is 1. The second-order valence-corrected chi connectivity index (χ2v) is 6.35. The fourth-order valence-electron chi connectivity index (χ4n) is 1.92. The molecular formula is C13H14O3S. The van der Waals surface area contributed by atoms with E-state index in [1.54, 1.807) is 30.4 Å². The molecule has 0 saturated carbocycles. The molecule has 0 spiro atoms. The van der Waals surface area contributed by atoms with E-state index in [0.717, 1.165) is 11.8 Å². The highest BCUT2D eigenvalue weighted by atomic mass is 32.2. The molecule has 2 rings (SSSR count). The second kappa shape index (κ2) is 4.13. The van der Waals surface area contributed by atoms with Crippen LogP contribution in [0.3, 0.4) is 0 Å². The summed E-state index contributed by atoms with van der Waals surface area (Å²) >= 11 is 0. The van der Waals surface area contributed by atoms with Crippen molar-refractivity contribution < 1.29 is 13.5 Å². The summed E-state index contributed by atoms with van der Waals surface area (Å²) < 4.78 is 23.5. The average molecular weight is 250 g/mol. The quantitative estimate of drug-likeness (QED) is 0.870. The number of rotatable bonds is 2. The van der Waals surface area contributed by atoms with Crippen LogP contribution >= 0.6 is 0 Å². The van der Waals surface area contributed by atoms with Gasteiger partial charge in [-0.2, -0.15) is 0 Å². The minimum Gasteiger partial charge on any atom is -0.371 e. The first-order valence-electron chi connectivity index (χ1n) is 5.30. The normalized spacial score (nSPS) is 24.5. The van der Waals surface area contributed by atoms with Gasteiger partial charge in [0.15, 0.2) is 14.8 Å². The SMILES string of the molecule is CS(=O)(=O)C1(O)CC=CC=C1c1ccccc1. The maximum Gasteiger partial charge on any atom is 0.195 e. The van der Waals surface area contributed by atoms with E-state index in [1.165, 1.54) is 0 Å². The first-order chi connectivity index (χ1) is 7.95. The highest BCUT2D eigenvalue weighted by molar-refractivity contribution is 7.92. The summed E-state index contributed by atoms with van der Waals surface area (Å²) in [5, 5.41) is 10.4. The van der Waals surface area contributed by atoms with Crippen molar-refractivity contribution in [3.8, 4) is 0 Å². The van der Waals surface area contributed by atoms with Crippen LogP contribution in [0.4, 0.5) is 0 Å². The van der Waals surface area contributed by atoms with E-state index in [1.807, 2.05) is 18.2 Å². The Kier molecular flexibility index (Phi) is 2.93. The molecule has 0 saturated heterocycles. The molecule has 1 aliphatic carbocycles. The van der Waals surface area contributed by atoms with Crippen molar-refractivity contribution in [2.45, 2.75) is 11.4 Å². The van der Waals surface area contributed by atoms with Gasteiger partial charge in [-0.25, -0.2) is 8.42 Å². The topological polar surface area (TPSA) is 54.4 Å². The molecule has 1 aliphatic rings. The monoisotopic (exact) mass is 250 g/mol.